The summed E-state index contributed by atoms with van der Waals surface area (Å²) in [6.45, 7) is 3.91. The van der Waals surface area contributed by atoms with Crippen LogP contribution in [0.1, 0.15) is 37.2 Å². The molecule has 5 rings (SSSR count). The lowest BCUT2D eigenvalue weighted by atomic mass is 9.98. The van der Waals surface area contributed by atoms with E-state index >= 15 is 0 Å². The van der Waals surface area contributed by atoms with Crippen molar-refractivity contribution in [2.24, 2.45) is 0 Å². The molecule has 156 valence electrons. The van der Waals surface area contributed by atoms with E-state index in [9.17, 15) is 5.11 Å². The van der Waals surface area contributed by atoms with Crippen molar-refractivity contribution in [1.29, 1.82) is 0 Å². The van der Waals surface area contributed by atoms with Gasteiger partial charge in [-0.3, -0.25) is 0 Å². The molecule has 7 nitrogen and oxygen atoms in total. The molecular formula is C23H28N6O. The lowest BCUT2D eigenvalue weighted by molar-refractivity contribution is 0.353. The quantitative estimate of drug-likeness (QED) is 0.694. The van der Waals surface area contributed by atoms with Crippen LogP contribution in [0.25, 0.3) is 16.9 Å². The molecule has 0 aliphatic carbocycles. The highest BCUT2D eigenvalue weighted by atomic mass is 16.3. The summed E-state index contributed by atoms with van der Waals surface area (Å²) in [5.74, 6) is 1.95. The summed E-state index contributed by atoms with van der Waals surface area (Å²) in [7, 11) is 2.11. The minimum atomic E-state index is 0.184. The molecule has 2 aliphatic heterocycles. The first-order valence-electron chi connectivity index (χ1n) is 10.7. The Kier molecular flexibility index (Phi) is 4.70. The lowest BCUT2D eigenvalue weighted by Gasteiger charge is -2.36. The predicted molar refractivity (Wildman–Crippen MR) is 117 cm³/mol. The number of fused-ring (bicyclic) bond motifs is 2. The van der Waals surface area contributed by atoms with Crippen LogP contribution in [-0.4, -0.2) is 50.0 Å². The zero-order valence-corrected chi connectivity index (χ0v) is 17.7. The van der Waals surface area contributed by atoms with Gasteiger partial charge in [-0.25, -0.2) is 4.98 Å². The second kappa shape index (κ2) is 7.40. The maximum atomic E-state index is 10.6. The molecule has 4 heterocycles. The number of nitrogens with zero attached hydrogens (tertiary/aromatic N) is 5. The number of benzene rings is 1. The summed E-state index contributed by atoms with van der Waals surface area (Å²) in [6.07, 6.45) is 6.85. The number of aryl methyl sites for hydroxylation is 2. The minimum Gasteiger partial charge on any atom is -0.507 e. The molecule has 2 fully saturated rings. The van der Waals surface area contributed by atoms with Crippen LogP contribution in [0.2, 0.25) is 0 Å². The molecule has 0 saturated carbocycles. The van der Waals surface area contributed by atoms with Gasteiger partial charge in [-0.05, 0) is 63.8 Å². The van der Waals surface area contributed by atoms with Crippen molar-refractivity contribution in [2.75, 3.05) is 11.9 Å². The molecule has 0 amide bonds. The number of phenolic OH excluding ortho intramolecular Hbond substituents is 1. The summed E-state index contributed by atoms with van der Waals surface area (Å²) in [5, 5.41) is 23.2. The molecular weight excluding hydrogens is 376 g/mol. The molecule has 0 radical (unpaired) electrons. The van der Waals surface area contributed by atoms with E-state index in [1.54, 1.807) is 6.07 Å². The fourth-order valence-corrected chi connectivity index (χ4v) is 4.95. The van der Waals surface area contributed by atoms with Gasteiger partial charge in [0.25, 0.3) is 0 Å². The molecule has 2 saturated heterocycles. The van der Waals surface area contributed by atoms with Gasteiger partial charge >= 0.3 is 0 Å². The minimum absolute atomic E-state index is 0.184. The van der Waals surface area contributed by atoms with Gasteiger partial charge in [0.1, 0.15) is 11.6 Å². The molecule has 30 heavy (non-hydrogen) atoms. The van der Waals surface area contributed by atoms with Crippen molar-refractivity contribution < 1.29 is 5.11 Å². The third-order valence-electron chi connectivity index (χ3n) is 6.55. The van der Waals surface area contributed by atoms with E-state index in [1.165, 1.54) is 12.8 Å². The van der Waals surface area contributed by atoms with Crippen LogP contribution < -0.4 is 10.2 Å². The summed E-state index contributed by atoms with van der Waals surface area (Å²) >= 11 is 0. The Hall–Kier alpha value is -2.93. The molecule has 3 aromatic rings. The Balaban J connectivity index is 1.36. The number of hydrogen-bond acceptors (Lipinski definition) is 6. The van der Waals surface area contributed by atoms with Gasteiger partial charge in [0.2, 0.25) is 0 Å². The molecule has 3 atom stereocenters. The molecule has 2 bridgehead atoms. The van der Waals surface area contributed by atoms with Gasteiger partial charge in [0.15, 0.2) is 5.82 Å². The van der Waals surface area contributed by atoms with E-state index in [0.29, 0.717) is 29.4 Å². The molecule has 2 aliphatic rings. The van der Waals surface area contributed by atoms with Crippen molar-refractivity contribution in [2.45, 2.75) is 57.7 Å². The lowest BCUT2D eigenvalue weighted by Crippen LogP contribution is -2.47. The molecule has 2 aromatic heterocycles. The van der Waals surface area contributed by atoms with Crippen molar-refractivity contribution in [3.8, 4) is 22.7 Å². The third-order valence-corrected chi connectivity index (χ3v) is 6.55. The second-order valence-corrected chi connectivity index (χ2v) is 8.65. The SMILES string of the molecule is Cc1cn(-c2ccc(-c3ccc(N(C)[C@@H]4C[C@H]5CC[C@@H](C4)N5)nn3)c(O)c2)c(C)n1. The zero-order chi connectivity index (χ0) is 20.8. The number of piperidine rings is 1. The number of rotatable bonds is 4. The third kappa shape index (κ3) is 3.43. The largest absolute Gasteiger partial charge is 0.507 e. The smallest absolute Gasteiger partial charge is 0.151 e. The van der Waals surface area contributed by atoms with Gasteiger partial charge in [-0.1, -0.05) is 0 Å². The van der Waals surface area contributed by atoms with E-state index in [2.05, 4.69) is 32.4 Å². The van der Waals surface area contributed by atoms with Gasteiger partial charge < -0.3 is 19.9 Å². The van der Waals surface area contributed by atoms with E-state index < -0.39 is 0 Å². The van der Waals surface area contributed by atoms with E-state index in [-0.39, 0.29) is 5.75 Å². The first kappa shape index (κ1) is 19.1. The highest BCUT2D eigenvalue weighted by molar-refractivity contribution is 5.69. The summed E-state index contributed by atoms with van der Waals surface area (Å²) in [5.41, 5.74) is 3.16. The van der Waals surface area contributed by atoms with Crippen LogP contribution in [0.3, 0.4) is 0 Å². The average molecular weight is 405 g/mol. The van der Waals surface area contributed by atoms with Crippen LogP contribution in [0.4, 0.5) is 5.82 Å². The maximum absolute atomic E-state index is 10.6. The van der Waals surface area contributed by atoms with Gasteiger partial charge in [-0.15, -0.1) is 10.2 Å². The van der Waals surface area contributed by atoms with Gasteiger partial charge in [0.05, 0.1) is 17.1 Å². The zero-order valence-electron chi connectivity index (χ0n) is 17.7. The summed E-state index contributed by atoms with van der Waals surface area (Å²) < 4.78 is 1.97. The maximum Gasteiger partial charge on any atom is 0.151 e. The number of imidazole rings is 1. The molecule has 1 aromatic carbocycles. The summed E-state index contributed by atoms with van der Waals surface area (Å²) in [4.78, 5) is 6.69. The van der Waals surface area contributed by atoms with Gasteiger partial charge in [-0.2, -0.15) is 0 Å². The van der Waals surface area contributed by atoms with Crippen LogP contribution in [0.15, 0.2) is 36.5 Å². The first-order valence-corrected chi connectivity index (χ1v) is 10.7. The Bertz CT molecular complexity index is 1050. The Morgan fingerprint density at radius 2 is 1.83 bits per heavy atom. The first-order chi connectivity index (χ1) is 14.5. The normalized spacial score (nSPS) is 23.0. The van der Waals surface area contributed by atoms with Crippen molar-refractivity contribution in [1.82, 2.24) is 25.1 Å². The summed E-state index contributed by atoms with van der Waals surface area (Å²) in [6, 6.07) is 11.3. The molecule has 2 N–H and O–H groups in total. The van der Waals surface area contributed by atoms with Crippen LogP contribution in [-0.2, 0) is 0 Å². The molecule has 0 spiro atoms. The topological polar surface area (TPSA) is 79.1 Å². The van der Waals surface area contributed by atoms with Crippen LogP contribution in [0, 0.1) is 13.8 Å². The molecule has 0 unspecified atom stereocenters. The van der Waals surface area contributed by atoms with E-state index in [4.69, 9.17) is 0 Å². The van der Waals surface area contributed by atoms with Crippen molar-refractivity contribution in [3.05, 3.63) is 48.0 Å². The number of anilines is 1. The standard InChI is InChI=1S/C23H28N6O/c1-14-13-29(15(2)24-14)18-6-7-20(22(30)12-18)21-8-9-23(27-26-21)28(3)19-10-16-4-5-17(11-19)25-16/h6-9,12-13,16-17,19,25,30H,4-5,10-11H2,1-3H3/t16-,17+,19-. The van der Waals surface area contributed by atoms with Crippen molar-refractivity contribution in [3.63, 3.8) is 0 Å². The highest BCUT2D eigenvalue weighted by Gasteiger charge is 2.35. The number of aromatic nitrogens is 4. The predicted octanol–water partition coefficient (Wildman–Crippen LogP) is 3.37. The highest BCUT2D eigenvalue weighted by Crippen LogP contribution is 2.33. The average Bonchev–Trinajstić information content (AvgIpc) is 3.27. The van der Waals surface area contributed by atoms with Gasteiger partial charge in [0, 0.05) is 43.0 Å². The number of nitrogens with one attached hydrogen (secondary N) is 1. The fraction of sp³-hybridized carbons (Fsp3) is 0.435. The Morgan fingerprint density at radius 3 is 2.43 bits per heavy atom. The number of hydrogen-bond donors (Lipinski definition) is 2. The van der Waals surface area contributed by atoms with Crippen LogP contribution >= 0.6 is 0 Å². The molecule has 7 heteroatoms. The van der Waals surface area contributed by atoms with E-state index in [0.717, 1.165) is 35.9 Å². The number of phenols is 1. The Labute approximate surface area is 176 Å². The monoisotopic (exact) mass is 404 g/mol. The van der Waals surface area contributed by atoms with Crippen molar-refractivity contribution >= 4 is 5.82 Å². The fourth-order valence-electron chi connectivity index (χ4n) is 4.95. The second-order valence-electron chi connectivity index (χ2n) is 8.65. The Morgan fingerprint density at radius 1 is 1.07 bits per heavy atom. The van der Waals surface area contributed by atoms with Crippen LogP contribution in [0.5, 0.6) is 5.75 Å². The number of aromatic hydroxyl groups is 1. The van der Waals surface area contributed by atoms with E-state index in [1.807, 2.05) is 48.9 Å².